The standard InChI is InChI=1S/C17H22N6O/c1-12-5-18-11-19-16(12)23-9-14-7-22(8-15(14)10-23)6-13-3-4-20-21(2)17(13)24/h3-5,11,14-15H,6-10H2,1-2H3. The maximum atomic E-state index is 12.1. The van der Waals surface area contributed by atoms with Crippen LogP contribution in [0.3, 0.4) is 0 Å². The van der Waals surface area contributed by atoms with Gasteiger partial charge in [-0.1, -0.05) is 0 Å². The molecule has 2 saturated heterocycles. The zero-order valence-electron chi connectivity index (χ0n) is 14.1. The Morgan fingerprint density at radius 1 is 1.21 bits per heavy atom. The van der Waals surface area contributed by atoms with Gasteiger partial charge in [-0.15, -0.1) is 0 Å². The van der Waals surface area contributed by atoms with Gasteiger partial charge in [0.2, 0.25) is 0 Å². The van der Waals surface area contributed by atoms with E-state index in [-0.39, 0.29) is 5.56 Å². The number of likely N-dealkylation sites (tertiary alicyclic amines) is 1. The molecule has 0 bridgehead atoms. The van der Waals surface area contributed by atoms with Crippen LogP contribution in [-0.4, -0.2) is 50.8 Å². The number of rotatable bonds is 3. The van der Waals surface area contributed by atoms with E-state index in [2.05, 4.69) is 31.8 Å². The smallest absolute Gasteiger partial charge is 0.270 e. The summed E-state index contributed by atoms with van der Waals surface area (Å²) in [5, 5.41) is 3.99. The van der Waals surface area contributed by atoms with Crippen LogP contribution >= 0.6 is 0 Å². The molecule has 4 heterocycles. The Morgan fingerprint density at radius 2 is 1.96 bits per heavy atom. The molecule has 4 rings (SSSR count). The molecule has 2 aromatic heterocycles. The minimum Gasteiger partial charge on any atom is -0.356 e. The van der Waals surface area contributed by atoms with Gasteiger partial charge in [0.1, 0.15) is 12.1 Å². The van der Waals surface area contributed by atoms with E-state index >= 15 is 0 Å². The van der Waals surface area contributed by atoms with Crippen LogP contribution in [0, 0.1) is 18.8 Å². The van der Waals surface area contributed by atoms with Crippen molar-refractivity contribution >= 4 is 5.82 Å². The fraction of sp³-hybridized carbons (Fsp3) is 0.529. The molecule has 2 unspecified atom stereocenters. The summed E-state index contributed by atoms with van der Waals surface area (Å²) in [6.45, 7) is 6.93. The summed E-state index contributed by atoms with van der Waals surface area (Å²) in [6, 6.07) is 1.84. The molecule has 2 aliphatic rings. The van der Waals surface area contributed by atoms with Crippen LogP contribution in [0.25, 0.3) is 0 Å². The normalized spacial score (nSPS) is 23.7. The fourth-order valence-corrected chi connectivity index (χ4v) is 4.03. The Labute approximate surface area is 140 Å². The lowest BCUT2D eigenvalue weighted by Crippen LogP contribution is -2.32. The van der Waals surface area contributed by atoms with Gasteiger partial charge in [-0.3, -0.25) is 9.69 Å². The average molecular weight is 326 g/mol. The third-order valence-electron chi connectivity index (χ3n) is 5.21. The van der Waals surface area contributed by atoms with Crippen LogP contribution in [0.4, 0.5) is 5.82 Å². The van der Waals surface area contributed by atoms with Gasteiger partial charge >= 0.3 is 0 Å². The number of hydrogen-bond donors (Lipinski definition) is 0. The summed E-state index contributed by atoms with van der Waals surface area (Å²) in [7, 11) is 1.70. The van der Waals surface area contributed by atoms with E-state index in [0.29, 0.717) is 18.4 Å². The largest absolute Gasteiger partial charge is 0.356 e. The lowest BCUT2D eigenvalue weighted by Gasteiger charge is -2.23. The molecule has 0 N–H and O–H groups in total. The van der Waals surface area contributed by atoms with Crippen molar-refractivity contribution < 1.29 is 0 Å². The molecule has 0 saturated carbocycles. The first-order valence-electron chi connectivity index (χ1n) is 8.37. The Hall–Kier alpha value is -2.28. The van der Waals surface area contributed by atoms with Crippen LogP contribution in [0.15, 0.2) is 29.6 Å². The van der Waals surface area contributed by atoms with E-state index in [0.717, 1.165) is 43.1 Å². The summed E-state index contributed by atoms with van der Waals surface area (Å²) in [5.41, 5.74) is 1.97. The van der Waals surface area contributed by atoms with Crippen molar-refractivity contribution in [2.45, 2.75) is 13.5 Å². The molecule has 7 nitrogen and oxygen atoms in total. The zero-order valence-corrected chi connectivity index (χ0v) is 14.1. The predicted molar refractivity (Wildman–Crippen MR) is 90.7 cm³/mol. The molecule has 0 amide bonds. The van der Waals surface area contributed by atoms with Gasteiger partial charge in [0.05, 0.1) is 0 Å². The highest BCUT2D eigenvalue weighted by molar-refractivity contribution is 5.46. The first kappa shape index (κ1) is 15.3. The monoisotopic (exact) mass is 326 g/mol. The van der Waals surface area contributed by atoms with Gasteiger partial charge in [0.25, 0.3) is 5.56 Å². The average Bonchev–Trinajstić information content (AvgIpc) is 3.10. The quantitative estimate of drug-likeness (QED) is 0.816. The van der Waals surface area contributed by atoms with Crippen LogP contribution in [-0.2, 0) is 13.6 Å². The summed E-state index contributed by atoms with van der Waals surface area (Å²) in [5.74, 6) is 2.35. The van der Waals surface area contributed by atoms with E-state index in [1.165, 1.54) is 4.68 Å². The highest BCUT2D eigenvalue weighted by Gasteiger charge is 2.40. The third kappa shape index (κ3) is 2.69. The fourth-order valence-electron chi connectivity index (χ4n) is 4.03. The van der Waals surface area contributed by atoms with Gasteiger partial charge in [-0.05, 0) is 24.8 Å². The zero-order chi connectivity index (χ0) is 16.7. The number of hydrogen-bond acceptors (Lipinski definition) is 6. The molecule has 126 valence electrons. The number of aryl methyl sites for hydroxylation is 2. The van der Waals surface area contributed by atoms with Crippen molar-refractivity contribution in [3.05, 3.63) is 46.3 Å². The molecule has 0 aromatic carbocycles. The van der Waals surface area contributed by atoms with E-state index in [4.69, 9.17) is 0 Å². The number of nitrogens with zero attached hydrogens (tertiary/aromatic N) is 6. The predicted octanol–water partition coefficient (Wildman–Crippen LogP) is 0.447. The highest BCUT2D eigenvalue weighted by atomic mass is 16.1. The number of aromatic nitrogens is 4. The van der Waals surface area contributed by atoms with Crippen molar-refractivity contribution in [3.8, 4) is 0 Å². The summed E-state index contributed by atoms with van der Waals surface area (Å²) in [4.78, 5) is 25.4. The SMILES string of the molecule is Cc1cncnc1N1CC2CN(Cc3ccnn(C)c3=O)CC2C1. The van der Waals surface area contributed by atoms with Gasteiger partial charge in [0, 0.05) is 63.3 Å². The van der Waals surface area contributed by atoms with E-state index in [9.17, 15) is 4.79 Å². The van der Waals surface area contributed by atoms with E-state index in [1.807, 2.05) is 12.3 Å². The Kier molecular flexibility index (Phi) is 3.80. The second-order valence-corrected chi connectivity index (χ2v) is 6.93. The number of fused-ring (bicyclic) bond motifs is 1. The molecule has 2 aromatic rings. The minimum atomic E-state index is 0.00722. The summed E-state index contributed by atoms with van der Waals surface area (Å²) in [6.07, 6.45) is 5.21. The lowest BCUT2D eigenvalue weighted by molar-refractivity contribution is 0.306. The molecule has 2 fully saturated rings. The van der Waals surface area contributed by atoms with E-state index in [1.54, 1.807) is 19.6 Å². The molecule has 24 heavy (non-hydrogen) atoms. The minimum absolute atomic E-state index is 0.00722. The molecular weight excluding hydrogens is 304 g/mol. The molecule has 2 aliphatic heterocycles. The van der Waals surface area contributed by atoms with Crippen molar-refractivity contribution in [3.63, 3.8) is 0 Å². The maximum Gasteiger partial charge on any atom is 0.270 e. The van der Waals surface area contributed by atoms with E-state index < -0.39 is 0 Å². The van der Waals surface area contributed by atoms with Crippen LogP contribution in [0.1, 0.15) is 11.1 Å². The summed E-state index contributed by atoms with van der Waals surface area (Å²) < 4.78 is 1.41. The second kappa shape index (κ2) is 5.98. The molecule has 2 atom stereocenters. The molecule has 0 radical (unpaired) electrons. The first-order chi connectivity index (χ1) is 11.6. The maximum absolute atomic E-state index is 12.1. The summed E-state index contributed by atoms with van der Waals surface area (Å²) >= 11 is 0. The lowest BCUT2D eigenvalue weighted by atomic mass is 10.0. The molecule has 0 aliphatic carbocycles. The Morgan fingerprint density at radius 3 is 2.67 bits per heavy atom. The van der Waals surface area contributed by atoms with Gasteiger partial charge < -0.3 is 4.90 Å². The van der Waals surface area contributed by atoms with Crippen molar-refractivity contribution in [2.24, 2.45) is 18.9 Å². The Balaban J connectivity index is 1.42. The molecule has 7 heteroatoms. The van der Waals surface area contributed by atoms with Gasteiger partial charge in [-0.25, -0.2) is 14.6 Å². The van der Waals surface area contributed by atoms with Crippen LogP contribution in [0.2, 0.25) is 0 Å². The van der Waals surface area contributed by atoms with Crippen molar-refractivity contribution in [1.82, 2.24) is 24.6 Å². The van der Waals surface area contributed by atoms with Crippen LogP contribution in [0.5, 0.6) is 0 Å². The second-order valence-electron chi connectivity index (χ2n) is 6.93. The molecule has 0 spiro atoms. The first-order valence-corrected chi connectivity index (χ1v) is 8.37. The van der Waals surface area contributed by atoms with Gasteiger partial charge in [0.15, 0.2) is 0 Å². The topological polar surface area (TPSA) is 67.2 Å². The Bertz CT molecular complexity index is 790. The van der Waals surface area contributed by atoms with Gasteiger partial charge in [-0.2, -0.15) is 5.10 Å². The number of anilines is 1. The molecular formula is C17H22N6O. The van der Waals surface area contributed by atoms with Crippen molar-refractivity contribution in [1.29, 1.82) is 0 Å². The highest BCUT2D eigenvalue weighted by Crippen LogP contribution is 2.34. The van der Waals surface area contributed by atoms with Crippen LogP contribution < -0.4 is 10.5 Å². The van der Waals surface area contributed by atoms with Crippen molar-refractivity contribution in [2.75, 3.05) is 31.1 Å². The third-order valence-corrected chi connectivity index (χ3v) is 5.21.